The number of carbonyl (C=O) groups is 1. The second kappa shape index (κ2) is 7.84. The van der Waals surface area contributed by atoms with E-state index in [0.29, 0.717) is 23.2 Å². The number of halogens is 2. The summed E-state index contributed by atoms with van der Waals surface area (Å²) < 4.78 is 13.7. The Morgan fingerprint density at radius 1 is 1.23 bits per heavy atom. The molecule has 0 saturated heterocycles. The third kappa shape index (κ3) is 3.16. The summed E-state index contributed by atoms with van der Waals surface area (Å²) in [6.45, 7) is 4.19. The third-order valence-corrected chi connectivity index (χ3v) is 5.45. The number of ether oxygens (including phenoxy) is 2. The van der Waals surface area contributed by atoms with E-state index < -0.39 is 0 Å². The number of esters is 1. The maximum Gasteiger partial charge on any atom is 0.340 e. The molecule has 0 spiro atoms. The zero-order valence-electron chi connectivity index (χ0n) is 14.8. The van der Waals surface area contributed by atoms with Crippen molar-refractivity contribution in [2.24, 2.45) is 0 Å². The predicted octanol–water partition coefficient (Wildman–Crippen LogP) is 5.78. The Morgan fingerprint density at radius 3 is 2.58 bits per heavy atom. The SMILES string of the molecule is CCOC(=O)c1c(CBr)n(-c2ccccc2C)c2cc(Br)c(OC)cc12. The molecule has 3 aromatic rings. The summed E-state index contributed by atoms with van der Waals surface area (Å²) in [4.78, 5) is 12.7. The number of alkyl halides is 1. The van der Waals surface area contributed by atoms with Crippen molar-refractivity contribution in [1.29, 1.82) is 0 Å². The standard InChI is InChI=1S/C20H19Br2NO3/c1-4-26-20(24)19-13-9-18(25-3)14(22)10-16(13)23(17(19)11-21)15-8-6-5-7-12(15)2/h5-10H,4,11H2,1-3H3. The number of fused-ring (bicyclic) bond motifs is 1. The molecule has 1 heterocycles. The first-order chi connectivity index (χ1) is 12.5. The minimum Gasteiger partial charge on any atom is -0.496 e. The quantitative estimate of drug-likeness (QED) is 0.343. The van der Waals surface area contributed by atoms with Crippen LogP contribution >= 0.6 is 31.9 Å². The van der Waals surface area contributed by atoms with E-state index >= 15 is 0 Å². The summed E-state index contributed by atoms with van der Waals surface area (Å²) in [5, 5.41) is 1.32. The number of carbonyl (C=O) groups excluding carboxylic acids is 1. The predicted molar refractivity (Wildman–Crippen MR) is 111 cm³/mol. The summed E-state index contributed by atoms with van der Waals surface area (Å²) in [5.74, 6) is 0.342. The van der Waals surface area contributed by atoms with Gasteiger partial charge in [-0.25, -0.2) is 4.79 Å². The van der Waals surface area contributed by atoms with Crippen molar-refractivity contribution in [3.8, 4) is 11.4 Å². The summed E-state index contributed by atoms with van der Waals surface area (Å²) in [5.41, 5.74) is 4.48. The monoisotopic (exact) mass is 479 g/mol. The molecule has 26 heavy (non-hydrogen) atoms. The molecule has 0 saturated carbocycles. The minimum atomic E-state index is -0.330. The molecule has 1 aromatic heterocycles. The van der Waals surface area contributed by atoms with Crippen molar-refractivity contribution in [2.75, 3.05) is 13.7 Å². The van der Waals surface area contributed by atoms with E-state index in [1.54, 1.807) is 7.11 Å². The van der Waals surface area contributed by atoms with Crippen LogP contribution in [0.1, 0.15) is 28.5 Å². The van der Waals surface area contributed by atoms with Crippen molar-refractivity contribution >= 4 is 48.7 Å². The van der Waals surface area contributed by atoms with Gasteiger partial charge in [-0.2, -0.15) is 0 Å². The fourth-order valence-electron chi connectivity index (χ4n) is 3.14. The number of aromatic nitrogens is 1. The molecule has 0 atom stereocenters. The Kier molecular flexibility index (Phi) is 5.73. The second-order valence-electron chi connectivity index (χ2n) is 5.80. The molecule has 136 valence electrons. The van der Waals surface area contributed by atoms with E-state index in [0.717, 1.165) is 32.3 Å². The first-order valence-electron chi connectivity index (χ1n) is 8.23. The highest BCUT2D eigenvalue weighted by Crippen LogP contribution is 2.38. The van der Waals surface area contributed by atoms with Gasteiger partial charge in [-0.15, -0.1) is 0 Å². The van der Waals surface area contributed by atoms with Crippen molar-refractivity contribution in [1.82, 2.24) is 4.57 Å². The molecule has 0 aliphatic carbocycles. The molecule has 0 bridgehead atoms. The van der Waals surface area contributed by atoms with Crippen LogP contribution in [0.4, 0.5) is 0 Å². The van der Waals surface area contributed by atoms with E-state index in [9.17, 15) is 4.79 Å². The third-order valence-electron chi connectivity index (χ3n) is 4.30. The van der Waals surface area contributed by atoms with Crippen LogP contribution in [0.2, 0.25) is 0 Å². The van der Waals surface area contributed by atoms with Crippen molar-refractivity contribution in [2.45, 2.75) is 19.2 Å². The average Bonchev–Trinajstić information content (AvgIpc) is 2.94. The molecule has 0 N–H and O–H groups in total. The Morgan fingerprint density at radius 2 is 1.96 bits per heavy atom. The molecule has 3 rings (SSSR count). The number of methoxy groups -OCH3 is 1. The van der Waals surface area contributed by atoms with E-state index in [1.807, 2.05) is 37.3 Å². The maximum absolute atomic E-state index is 12.7. The number of hydrogen-bond donors (Lipinski definition) is 0. The maximum atomic E-state index is 12.7. The largest absolute Gasteiger partial charge is 0.496 e. The van der Waals surface area contributed by atoms with Gasteiger partial charge in [0.25, 0.3) is 0 Å². The highest BCUT2D eigenvalue weighted by atomic mass is 79.9. The lowest BCUT2D eigenvalue weighted by Crippen LogP contribution is -2.09. The van der Waals surface area contributed by atoms with Gasteiger partial charge in [0.1, 0.15) is 5.75 Å². The van der Waals surface area contributed by atoms with Gasteiger partial charge in [0.05, 0.1) is 29.3 Å². The molecule has 0 unspecified atom stereocenters. The fourth-order valence-corrected chi connectivity index (χ4v) is 4.17. The van der Waals surface area contributed by atoms with E-state index in [-0.39, 0.29) is 5.97 Å². The molecule has 0 fully saturated rings. The van der Waals surface area contributed by atoms with Crippen molar-refractivity contribution < 1.29 is 14.3 Å². The molecule has 0 aliphatic heterocycles. The number of benzene rings is 2. The minimum absolute atomic E-state index is 0.325. The second-order valence-corrected chi connectivity index (χ2v) is 7.22. The van der Waals surface area contributed by atoms with Crippen LogP contribution in [0.3, 0.4) is 0 Å². The molecule has 0 radical (unpaired) electrons. The fraction of sp³-hybridized carbons (Fsp3) is 0.250. The first-order valence-corrected chi connectivity index (χ1v) is 10.1. The van der Waals surface area contributed by atoms with Crippen LogP contribution in [0, 0.1) is 6.92 Å². The molecule has 2 aromatic carbocycles. The highest BCUT2D eigenvalue weighted by molar-refractivity contribution is 9.10. The first kappa shape index (κ1) is 19.0. The molecule has 6 heteroatoms. The van der Waals surface area contributed by atoms with Gasteiger partial charge in [0.15, 0.2) is 0 Å². The normalized spacial score (nSPS) is 11.0. The number of para-hydroxylation sites is 1. The van der Waals surface area contributed by atoms with Crippen LogP contribution in [0.25, 0.3) is 16.6 Å². The zero-order valence-corrected chi connectivity index (χ0v) is 18.0. The molecular weight excluding hydrogens is 462 g/mol. The number of aryl methyl sites for hydroxylation is 1. The van der Waals surface area contributed by atoms with Crippen LogP contribution in [0.15, 0.2) is 40.9 Å². The van der Waals surface area contributed by atoms with Gasteiger partial charge in [-0.3, -0.25) is 0 Å². The Balaban J connectivity index is 2.45. The molecular formula is C20H19Br2NO3. The van der Waals surface area contributed by atoms with Crippen LogP contribution in [0.5, 0.6) is 5.75 Å². The zero-order chi connectivity index (χ0) is 18.8. The Bertz CT molecular complexity index is 979. The molecule has 0 amide bonds. The summed E-state index contributed by atoms with van der Waals surface area (Å²) in [6.07, 6.45) is 0. The highest BCUT2D eigenvalue weighted by Gasteiger charge is 2.25. The Labute approximate surface area is 169 Å². The van der Waals surface area contributed by atoms with Gasteiger partial charge in [0, 0.05) is 22.1 Å². The van der Waals surface area contributed by atoms with E-state index in [1.165, 1.54) is 0 Å². The molecule has 0 aliphatic rings. The van der Waals surface area contributed by atoms with E-state index in [4.69, 9.17) is 9.47 Å². The number of hydrogen-bond acceptors (Lipinski definition) is 3. The van der Waals surface area contributed by atoms with Crippen LogP contribution < -0.4 is 4.74 Å². The van der Waals surface area contributed by atoms with Gasteiger partial charge in [-0.05, 0) is 53.5 Å². The van der Waals surface area contributed by atoms with Gasteiger partial charge in [0.2, 0.25) is 0 Å². The number of rotatable bonds is 5. The summed E-state index contributed by atoms with van der Waals surface area (Å²) in [7, 11) is 1.61. The van der Waals surface area contributed by atoms with Gasteiger partial charge in [-0.1, -0.05) is 34.1 Å². The molecule has 4 nitrogen and oxygen atoms in total. The van der Waals surface area contributed by atoms with Gasteiger partial charge >= 0.3 is 5.97 Å². The van der Waals surface area contributed by atoms with Gasteiger partial charge < -0.3 is 14.0 Å². The van der Waals surface area contributed by atoms with Crippen molar-refractivity contribution in [3.05, 3.63) is 57.7 Å². The lowest BCUT2D eigenvalue weighted by molar-refractivity contribution is 0.0527. The summed E-state index contributed by atoms with van der Waals surface area (Å²) in [6, 6.07) is 12.0. The smallest absolute Gasteiger partial charge is 0.340 e. The lowest BCUT2D eigenvalue weighted by Gasteiger charge is -2.13. The van der Waals surface area contributed by atoms with E-state index in [2.05, 4.69) is 49.4 Å². The lowest BCUT2D eigenvalue weighted by atomic mass is 10.1. The average molecular weight is 481 g/mol. The number of nitrogens with zero attached hydrogens (tertiary/aromatic N) is 1. The van der Waals surface area contributed by atoms with Crippen molar-refractivity contribution in [3.63, 3.8) is 0 Å². The Hall–Kier alpha value is -1.79. The summed E-state index contributed by atoms with van der Waals surface area (Å²) >= 11 is 7.12. The van der Waals surface area contributed by atoms with Crippen LogP contribution in [-0.4, -0.2) is 24.3 Å². The topological polar surface area (TPSA) is 40.5 Å². The van der Waals surface area contributed by atoms with Crippen LogP contribution in [-0.2, 0) is 10.1 Å².